The van der Waals surface area contributed by atoms with Crippen molar-refractivity contribution in [3.8, 4) is 0 Å². The van der Waals surface area contributed by atoms with Crippen LogP contribution in [-0.2, 0) is 23.2 Å². The van der Waals surface area contributed by atoms with Gasteiger partial charge in [0, 0.05) is 11.9 Å². The number of hydrogen-bond acceptors (Lipinski definition) is 1. The van der Waals surface area contributed by atoms with Crippen LogP contribution in [-0.4, -0.2) is 4.98 Å². The Kier molecular flexibility index (Phi) is 6.17. The second kappa shape index (κ2) is 6.37. The van der Waals surface area contributed by atoms with Crippen LogP contribution in [0.15, 0.2) is 24.4 Å². The Morgan fingerprint density at radius 2 is 2.18 bits per heavy atom. The van der Waals surface area contributed by atoms with Gasteiger partial charge in [0.1, 0.15) is 0 Å². The van der Waals surface area contributed by atoms with Gasteiger partial charge in [-0.05, 0) is 25.0 Å². The molecule has 0 unspecified atom stereocenters. The number of aryl methyl sites for hydroxylation is 1. The Morgan fingerprint density at radius 3 is 2.73 bits per heavy atom. The number of hydrogen-bond donors (Lipinski definition) is 0. The van der Waals surface area contributed by atoms with Gasteiger partial charge < -0.3 is 0 Å². The first-order chi connectivity index (χ1) is 4.93. The number of rotatable bonds is 3. The van der Waals surface area contributed by atoms with Crippen LogP contribution in [0.3, 0.4) is 0 Å². The number of pyridine rings is 1. The van der Waals surface area contributed by atoms with Crippen LogP contribution in [0, 0.1) is 0 Å². The van der Waals surface area contributed by atoms with Gasteiger partial charge in [-0.2, -0.15) is 0 Å². The summed E-state index contributed by atoms with van der Waals surface area (Å²) < 4.78 is 0. The smallest absolute Gasteiger partial charge is 0.261 e. The van der Waals surface area contributed by atoms with Crippen molar-refractivity contribution in [2.24, 2.45) is 0 Å². The molecule has 0 spiro atoms. The van der Waals surface area contributed by atoms with Crippen LogP contribution in [0.1, 0.15) is 25.5 Å². The predicted octanol–water partition coefficient (Wildman–Crippen LogP) is 2.42. The minimum absolute atomic E-state index is 0. The molecule has 0 aliphatic heterocycles. The van der Waals surface area contributed by atoms with E-state index in [4.69, 9.17) is 0 Å². The average molecular weight is 194 g/mol. The van der Waals surface area contributed by atoms with E-state index in [1.807, 2.05) is 18.3 Å². The molecule has 1 nitrogen and oxygen atoms in total. The summed E-state index contributed by atoms with van der Waals surface area (Å²) in [5.74, 6) is 0. The summed E-state index contributed by atoms with van der Waals surface area (Å²) >= 11 is 0. The van der Waals surface area contributed by atoms with E-state index in [0.717, 1.165) is 6.42 Å². The van der Waals surface area contributed by atoms with Crippen LogP contribution < -0.4 is 0 Å². The molecular formula is C9H13CoN+3. The van der Waals surface area contributed by atoms with E-state index in [0.29, 0.717) is 0 Å². The third kappa shape index (κ3) is 4.17. The third-order valence-electron chi connectivity index (χ3n) is 1.51. The fourth-order valence-electron chi connectivity index (χ4n) is 0.904. The van der Waals surface area contributed by atoms with Gasteiger partial charge >= 0.3 is 16.8 Å². The van der Waals surface area contributed by atoms with Crippen molar-refractivity contribution in [2.75, 3.05) is 0 Å². The molecule has 0 N–H and O–H groups in total. The molecule has 1 aromatic heterocycles. The van der Waals surface area contributed by atoms with Crippen molar-refractivity contribution in [3.63, 3.8) is 0 Å². The second-order valence-electron chi connectivity index (χ2n) is 2.42. The quantitative estimate of drug-likeness (QED) is 0.720. The zero-order valence-electron chi connectivity index (χ0n) is 6.71. The van der Waals surface area contributed by atoms with E-state index in [-0.39, 0.29) is 16.8 Å². The number of nitrogens with zero attached hydrogens (tertiary/aromatic N) is 1. The molecule has 0 bridgehead atoms. The Hall–Kier alpha value is -0.344. The summed E-state index contributed by atoms with van der Waals surface area (Å²) in [7, 11) is 0. The van der Waals surface area contributed by atoms with Crippen LogP contribution in [0.5, 0.6) is 0 Å². The van der Waals surface area contributed by atoms with Crippen molar-refractivity contribution in [3.05, 3.63) is 30.1 Å². The molecule has 0 fully saturated rings. The monoisotopic (exact) mass is 194 g/mol. The van der Waals surface area contributed by atoms with Crippen molar-refractivity contribution in [1.82, 2.24) is 4.98 Å². The average Bonchev–Trinajstić information content (AvgIpc) is 2.03. The van der Waals surface area contributed by atoms with Crippen LogP contribution in [0.2, 0.25) is 0 Å². The van der Waals surface area contributed by atoms with E-state index < -0.39 is 0 Å². The maximum absolute atomic E-state index is 4.22. The predicted molar refractivity (Wildman–Crippen MR) is 42.8 cm³/mol. The first-order valence-corrected chi connectivity index (χ1v) is 3.83. The summed E-state index contributed by atoms with van der Waals surface area (Å²) in [6.45, 7) is 2.20. The van der Waals surface area contributed by atoms with Gasteiger partial charge in [0.25, 0.3) is 0 Å². The molecule has 11 heavy (non-hydrogen) atoms. The Morgan fingerprint density at radius 1 is 1.36 bits per heavy atom. The molecule has 0 radical (unpaired) electrons. The fraction of sp³-hybridized carbons (Fsp3) is 0.444. The van der Waals surface area contributed by atoms with Gasteiger partial charge in [-0.15, -0.1) is 0 Å². The maximum Gasteiger partial charge on any atom is 3.00 e. The first kappa shape index (κ1) is 10.7. The van der Waals surface area contributed by atoms with Crippen molar-refractivity contribution >= 4 is 0 Å². The molecule has 0 saturated carbocycles. The van der Waals surface area contributed by atoms with Gasteiger partial charge in [-0.1, -0.05) is 19.4 Å². The van der Waals surface area contributed by atoms with Crippen molar-refractivity contribution in [1.29, 1.82) is 0 Å². The van der Waals surface area contributed by atoms with Gasteiger partial charge in [-0.25, -0.2) is 0 Å². The minimum atomic E-state index is 0. The van der Waals surface area contributed by atoms with Crippen molar-refractivity contribution < 1.29 is 16.8 Å². The molecule has 0 saturated heterocycles. The second-order valence-corrected chi connectivity index (χ2v) is 2.42. The molecular weight excluding hydrogens is 181 g/mol. The summed E-state index contributed by atoms with van der Waals surface area (Å²) in [4.78, 5) is 4.22. The normalized spacial score (nSPS) is 8.82. The Labute approximate surface area is 78.4 Å². The zero-order chi connectivity index (χ0) is 7.23. The standard InChI is InChI=1S/C9H13N.Co/c1-2-3-6-9-7-4-5-8-10-9;/h4-5,7-8H,2-3,6H2,1H3;/q;+3. The molecule has 1 aromatic rings. The molecule has 1 rings (SSSR count). The Bertz CT molecular complexity index is 174. The van der Waals surface area contributed by atoms with Crippen LogP contribution in [0.4, 0.5) is 0 Å². The molecule has 0 aliphatic rings. The summed E-state index contributed by atoms with van der Waals surface area (Å²) in [5, 5.41) is 0. The zero-order valence-corrected chi connectivity index (χ0v) is 7.75. The molecule has 0 aromatic carbocycles. The molecule has 0 atom stereocenters. The van der Waals surface area contributed by atoms with E-state index >= 15 is 0 Å². The third-order valence-corrected chi connectivity index (χ3v) is 1.51. The Balaban J connectivity index is 0.000001000. The van der Waals surface area contributed by atoms with Gasteiger partial charge in [0.2, 0.25) is 0 Å². The first-order valence-electron chi connectivity index (χ1n) is 3.83. The number of unbranched alkanes of at least 4 members (excludes halogenated alkanes) is 1. The summed E-state index contributed by atoms with van der Waals surface area (Å²) in [5.41, 5.74) is 1.21. The van der Waals surface area contributed by atoms with Gasteiger partial charge in [0.15, 0.2) is 0 Å². The molecule has 2 heteroatoms. The van der Waals surface area contributed by atoms with Crippen LogP contribution in [0.25, 0.3) is 0 Å². The largest absolute Gasteiger partial charge is 3.00 e. The van der Waals surface area contributed by atoms with E-state index in [1.165, 1.54) is 18.5 Å². The molecule has 0 amide bonds. The minimum Gasteiger partial charge on any atom is -0.261 e. The molecule has 60 valence electrons. The maximum atomic E-state index is 4.22. The van der Waals surface area contributed by atoms with Crippen molar-refractivity contribution in [2.45, 2.75) is 26.2 Å². The van der Waals surface area contributed by atoms with E-state index in [9.17, 15) is 0 Å². The topological polar surface area (TPSA) is 12.9 Å². The van der Waals surface area contributed by atoms with Gasteiger partial charge in [0.05, 0.1) is 0 Å². The summed E-state index contributed by atoms with van der Waals surface area (Å²) in [6, 6.07) is 6.07. The summed E-state index contributed by atoms with van der Waals surface area (Å²) in [6.07, 6.45) is 5.47. The van der Waals surface area contributed by atoms with Gasteiger partial charge in [-0.3, -0.25) is 4.98 Å². The van der Waals surface area contributed by atoms with Crippen LogP contribution >= 0.6 is 0 Å². The number of aromatic nitrogens is 1. The van der Waals surface area contributed by atoms with E-state index in [1.54, 1.807) is 0 Å². The van der Waals surface area contributed by atoms with E-state index in [2.05, 4.69) is 18.0 Å². The SMILES string of the molecule is CCCCc1ccccn1.[Co+3]. The molecule has 0 aliphatic carbocycles. The fourth-order valence-corrected chi connectivity index (χ4v) is 0.904. The molecule has 1 heterocycles.